The van der Waals surface area contributed by atoms with Crippen molar-refractivity contribution in [2.24, 2.45) is 5.92 Å². The lowest BCUT2D eigenvalue weighted by atomic mass is 10.1. The highest BCUT2D eigenvalue weighted by Crippen LogP contribution is 2.21. The summed E-state index contributed by atoms with van der Waals surface area (Å²) in [7, 11) is -2.52. The summed E-state index contributed by atoms with van der Waals surface area (Å²) < 4.78 is 48.0. The maximum Gasteiger partial charge on any atom is 0.339 e. The van der Waals surface area contributed by atoms with Crippen molar-refractivity contribution in [1.82, 2.24) is 4.90 Å². The van der Waals surface area contributed by atoms with E-state index in [1.165, 1.54) is 6.07 Å². The van der Waals surface area contributed by atoms with Crippen LogP contribution in [0.15, 0.2) is 53.4 Å². The Morgan fingerprint density at radius 1 is 1.14 bits per heavy atom. The van der Waals surface area contributed by atoms with Crippen LogP contribution in [0.25, 0.3) is 0 Å². The number of nitrogens with zero attached hydrogens (tertiary/aromatic N) is 1. The number of hydrogen-bond donors (Lipinski definition) is 0. The average Bonchev–Trinajstić information content (AvgIpc) is 2.64. The molecule has 2 aromatic carbocycles. The monoisotopic (exact) mass is 409 g/mol. The summed E-state index contributed by atoms with van der Waals surface area (Å²) in [4.78, 5) is 13.9. The standard InChI is InChI=1S/C20H24FNO5S/c1-15(2)20(23)22(11-12-26-3)14-16-5-4-6-18(13-16)27-28(24,25)19-9-7-17(21)8-10-19/h4-10,13,15H,11-12,14H2,1-3H3. The Kier molecular flexibility index (Phi) is 7.53. The minimum atomic E-state index is -4.09. The van der Waals surface area contributed by atoms with Gasteiger partial charge in [-0.3, -0.25) is 4.79 Å². The van der Waals surface area contributed by atoms with Crippen molar-refractivity contribution in [1.29, 1.82) is 0 Å². The number of carbonyl (C=O) groups excluding carboxylic acids is 1. The molecule has 0 saturated heterocycles. The quantitative estimate of drug-likeness (QED) is 0.595. The predicted molar refractivity (Wildman–Crippen MR) is 103 cm³/mol. The summed E-state index contributed by atoms with van der Waals surface area (Å²) >= 11 is 0. The third-order valence-electron chi connectivity index (χ3n) is 3.95. The van der Waals surface area contributed by atoms with E-state index >= 15 is 0 Å². The van der Waals surface area contributed by atoms with E-state index in [0.717, 1.165) is 29.8 Å². The van der Waals surface area contributed by atoms with Crippen molar-refractivity contribution in [2.45, 2.75) is 25.3 Å². The first-order chi connectivity index (χ1) is 13.2. The molecule has 0 aliphatic heterocycles. The van der Waals surface area contributed by atoms with Gasteiger partial charge in [0, 0.05) is 26.1 Å². The van der Waals surface area contributed by atoms with Gasteiger partial charge in [-0.25, -0.2) is 4.39 Å². The van der Waals surface area contributed by atoms with E-state index in [1.807, 2.05) is 13.8 Å². The molecule has 0 N–H and O–H groups in total. The lowest BCUT2D eigenvalue weighted by molar-refractivity contribution is -0.135. The van der Waals surface area contributed by atoms with Crippen molar-refractivity contribution >= 4 is 16.0 Å². The van der Waals surface area contributed by atoms with Crippen LogP contribution in [0.3, 0.4) is 0 Å². The fourth-order valence-electron chi connectivity index (χ4n) is 2.53. The molecule has 0 heterocycles. The molecule has 2 rings (SSSR count). The van der Waals surface area contributed by atoms with Gasteiger partial charge in [0.15, 0.2) is 0 Å². The Labute approximate surface area is 165 Å². The molecule has 0 bridgehead atoms. The van der Waals surface area contributed by atoms with Gasteiger partial charge in [0.05, 0.1) is 6.61 Å². The summed E-state index contributed by atoms with van der Waals surface area (Å²) in [5.41, 5.74) is 0.719. The van der Waals surface area contributed by atoms with E-state index in [2.05, 4.69) is 0 Å². The van der Waals surface area contributed by atoms with Gasteiger partial charge in [-0.05, 0) is 42.0 Å². The van der Waals surface area contributed by atoms with E-state index in [9.17, 15) is 17.6 Å². The molecule has 0 saturated carbocycles. The molecule has 1 amide bonds. The second-order valence-electron chi connectivity index (χ2n) is 6.55. The van der Waals surface area contributed by atoms with E-state index < -0.39 is 15.9 Å². The molecule has 0 spiro atoms. The lowest BCUT2D eigenvalue weighted by Gasteiger charge is -2.24. The number of ether oxygens (including phenoxy) is 1. The van der Waals surface area contributed by atoms with Crippen LogP contribution in [0.5, 0.6) is 5.75 Å². The first kappa shape index (κ1) is 21.8. The number of benzene rings is 2. The zero-order valence-corrected chi connectivity index (χ0v) is 16.9. The normalized spacial score (nSPS) is 11.5. The second kappa shape index (κ2) is 9.66. The molecule has 152 valence electrons. The molecule has 28 heavy (non-hydrogen) atoms. The molecule has 0 aliphatic carbocycles. The Morgan fingerprint density at radius 3 is 2.43 bits per heavy atom. The van der Waals surface area contributed by atoms with E-state index in [0.29, 0.717) is 19.7 Å². The van der Waals surface area contributed by atoms with E-state index in [1.54, 1.807) is 30.2 Å². The van der Waals surface area contributed by atoms with Crippen LogP contribution in [0.2, 0.25) is 0 Å². The Bertz CT molecular complexity index is 897. The number of hydrogen-bond acceptors (Lipinski definition) is 5. The smallest absolute Gasteiger partial charge is 0.339 e. The van der Waals surface area contributed by atoms with Crippen molar-refractivity contribution in [3.05, 3.63) is 59.9 Å². The molecule has 0 atom stereocenters. The summed E-state index contributed by atoms with van der Waals surface area (Å²) in [6, 6.07) is 10.9. The van der Waals surface area contributed by atoms with Gasteiger partial charge in [0.1, 0.15) is 16.5 Å². The summed E-state index contributed by atoms with van der Waals surface area (Å²) in [6.45, 7) is 4.75. The number of amides is 1. The first-order valence-electron chi connectivity index (χ1n) is 8.79. The van der Waals surface area contributed by atoms with Crippen LogP contribution in [0, 0.1) is 11.7 Å². The fourth-order valence-corrected chi connectivity index (χ4v) is 3.45. The molecule has 0 fully saturated rings. The average molecular weight is 409 g/mol. The minimum Gasteiger partial charge on any atom is -0.383 e. The summed E-state index contributed by atoms with van der Waals surface area (Å²) in [5, 5.41) is 0. The van der Waals surface area contributed by atoms with Gasteiger partial charge in [0.25, 0.3) is 0 Å². The Balaban J connectivity index is 2.18. The molecular formula is C20H24FNO5S. The van der Waals surface area contributed by atoms with Crippen LogP contribution < -0.4 is 4.18 Å². The summed E-state index contributed by atoms with van der Waals surface area (Å²) in [5.74, 6) is -0.616. The van der Waals surface area contributed by atoms with Gasteiger partial charge in [0.2, 0.25) is 5.91 Å². The number of halogens is 1. The van der Waals surface area contributed by atoms with Crippen LogP contribution >= 0.6 is 0 Å². The van der Waals surface area contributed by atoms with Crippen LogP contribution in [0.1, 0.15) is 19.4 Å². The maximum absolute atomic E-state index is 13.0. The zero-order valence-electron chi connectivity index (χ0n) is 16.1. The highest BCUT2D eigenvalue weighted by Gasteiger charge is 2.19. The van der Waals surface area contributed by atoms with Crippen LogP contribution in [0.4, 0.5) is 4.39 Å². The maximum atomic E-state index is 13.0. The fraction of sp³-hybridized carbons (Fsp3) is 0.350. The minimum absolute atomic E-state index is 0.0256. The van der Waals surface area contributed by atoms with Gasteiger partial charge in [-0.15, -0.1) is 0 Å². The molecule has 0 aliphatic rings. The lowest BCUT2D eigenvalue weighted by Crippen LogP contribution is -2.36. The Morgan fingerprint density at radius 2 is 1.82 bits per heavy atom. The zero-order chi connectivity index (χ0) is 20.7. The van der Waals surface area contributed by atoms with Crippen molar-refractivity contribution < 1.29 is 26.5 Å². The largest absolute Gasteiger partial charge is 0.383 e. The SMILES string of the molecule is COCCN(Cc1cccc(OS(=O)(=O)c2ccc(F)cc2)c1)C(=O)C(C)C. The molecule has 8 heteroatoms. The van der Waals surface area contributed by atoms with Crippen LogP contribution in [-0.4, -0.2) is 39.5 Å². The highest BCUT2D eigenvalue weighted by atomic mass is 32.2. The number of rotatable bonds is 9. The second-order valence-corrected chi connectivity index (χ2v) is 8.09. The molecule has 0 radical (unpaired) electrons. The number of carbonyl (C=O) groups is 1. The van der Waals surface area contributed by atoms with Gasteiger partial charge >= 0.3 is 10.1 Å². The van der Waals surface area contributed by atoms with Gasteiger partial charge in [-0.2, -0.15) is 8.42 Å². The molecular weight excluding hydrogens is 385 g/mol. The van der Waals surface area contributed by atoms with Crippen molar-refractivity contribution in [2.75, 3.05) is 20.3 Å². The third kappa shape index (κ3) is 6.03. The summed E-state index contributed by atoms with van der Waals surface area (Å²) in [6.07, 6.45) is 0. The highest BCUT2D eigenvalue weighted by molar-refractivity contribution is 7.87. The van der Waals surface area contributed by atoms with Crippen LogP contribution in [-0.2, 0) is 26.2 Å². The molecule has 0 aromatic heterocycles. The van der Waals surface area contributed by atoms with E-state index in [4.69, 9.17) is 8.92 Å². The third-order valence-corrected chi connectivity index (χ3v) is 5.21. The molecule has 6 nitrogen and oxygen atoms in total. The number of methoxy groups -OCH3 is 1. The first-order valence-corrected chi connectivity index (χ1v) is 10.2. The topological polar surface area (TPSA) is 72.9 Å². The predicted octanol–water partition coefficient (Wildman–Crippen LogP) is 3.22. The van der Waals surface area contributed by atoms with Gasteiger partial charge in [-0.1, -0.05) is 26.0 Å². The van der Waals surface area contributed by atoms with Crippen molar-refractivity contribution in [3.63, 3.8) is 0 Å². The molecule has 0 unspecified atom stereocenters. The Hall–Kier alpha value is -2.45. The van der Waals surface area contributed by atoms with Crippen molar-refractivity contribution in [3.8, 4) is 5.75 Å². The van der Waals surface area contributed by atoms with Gasteiger partial charge < -0.3 is 13.8 Å². The van der Waals surface area contributed by atoms with E-state index in [-0.39, 0.29) is 22.5 Å². The molecule has 2 aromatic rings.